The first-order valence-electron chi connectivity index (χ1n) is 6.99. The Bertz CT molecular complexity index is 372. The fourth-order valence-electron chi connectivity index (χ4n) is 2.02. The van der Waals surface area contributed by atoms with Crippen LogP contribution in [0.2, 0.25) is 0 Å². The Kier molecular flexibility index (Phi) is 9.00. The summed E-state index contributed by atoms with van der Waals surface area (Å²) < 4.78 is 30.5. The highest BCUT2D eigenvalue weighted by atomic mass is 32.2. The molecular weight excluding hydrogens is 280 g/mol. The van der Waals surface area contributed by atoms with Crippen molar-refractivity contribution in [3.05, 3.63) is 0 Å². The molecule has 0 aromatic rings. The van der Waals surface area contributed by atoms with E-state index in [0.717, 1.165) is 0 Å². The predicted octanol–water partition coefficient (Wildman–Crippen LogP) is 0.978. The molecule has 0 atom stereocenters. The maximum atomic E-state index is 11.7. The predicted molar refractivity (Wildman–Crippen MR) is 80.0 cm³/mol. The Morgan fingerprint density at radius 2 is 1.75 bits per heavy atom. The Labute approximate surface area is 122 Å². The van der Waals surface area contributed by atoms with E-state index in [4.69, 9.17) is 0 Å². The van der Waals surface area contributed by atoms with Crippen LogP contribution in [0.4, 0.5) is 0 Å². The van der Waals surface area contributed by atoms with Crippen molar-refractivity contribution >= 4 is 16.0 Å². The maximum Gasteiger partial charge on any atom is 0.305 e. The minimum absolute atomic E-state index is 0.0501. The molecule has 0 aromatic carbocycles. The van der Waals surface area contributed by atoms with E-state index in [-0.39, 0.29) is 24.6 Å². The van der Waals surface area contributed by atoms with E-state index in [1.54, 1.807) is 0 Å². The molecule has 0 amide bonds. The fraction of sp³-hybridized carbons (Fsp3) is 0.923. The molecule has 6 nitrogen and oxygen atoms in total. The molecular formula is C13H28N2O4S. The Morgan fingerprint density at radius 3 is 2.20 bits per heavy atom. The molecule has 120 valence electrons. The normalized spacial score (nSPS) is 12.4. The number of esters is 1. The molecule has 0 unspecified atom stereocenters. The van der Waals surface area contributed by atoms with Crippen LogP contribution in [0.25, 0.3) is 0 Å². The summed E-state index contributed by atoms with van der Waals surface area (Å²) in [6, 6.07) is 0.748. The number of ether oxygens (including phenoxy) is 1. The summed E-state index contributed by atoms with van der Waals surface area (Å²) in [7, 11) is -2.02. The first kappa shape index (κ1) is 19.3. The van der Waals surface area contributed by atoms with E-state index in [1.165, 1.54) is 7.11 Å². The molecule has 0 aliphatic carbocycles. The van der Waals surface area contributed by atoms with Crippen molar-refractivity contribution in [3.8, 4) is 0 Å². The first-order chi connectivity index (χ1) is 9.19. The molecule has 0 fully saturated rings. The quantitative estimate of drug-likeness (QED) is 0.609. The van der Waals surface area contributed by atoms with E-state index < -0.39 is 10.0 Å². The van der Waals surface area contributed by atoms with Gasteiger partial charge in [0.05, 0.1) is 12.9 Å². The molecule has 0 rings (SSSR count). The highest BCUT2D eigenvalue weighted by Gasteiger charge is 2.15. The lowest BCUT2D eigenvalue weighted by Gasteiger charge is -2.30. The van der Waals surface area contributed by atoms with Crippen LogP contribution >= 0.6 is 0 Å². The van der Waals surface area contributed by atoms with Crippen molar-refractivity contribution in [1.82, 2.24) is 9.62 Å². The van der Waals surface area contributed by atoms with E-state index in [2.05, 4.69) is 42.1 Å². The number of nitrogens with one attached hydrogen (secondary N) is 1. The van der Waals surface area contributed by atoms with Crippen molar-refractivity contribution in [1.29, 1.82) is 0 Å². The van der Waals surface area contributed by atoms with Gasteiger partial charge in [0.1, 0.15) is 0 Å². The van der Waals surface area contributed by atoms with Gasteiger partial charge in [0.2, 0.25) is 10.0 Å². The van der Waals surface area contributed by atoms with Crippen molar-refractivity contribution < 1.29 is 17.9 Å². The van der Waals surface area contributed by atoms with Crippen molar-refractivity contribution in [2.24, 2.45) is 0 Å². The van der Waals surface area contributed by atoms with Gasteiger partial charge in [0.15, 0.2) is 0 Å². The van der Waals surface area contributed by atoms with Crippen molar-refractivity contribution in [3.63, 3.8) is 0 Å². The average Bonchev–Trinajstić information content (AvgIpc) is 2.33. The molecule has 20 heavy (non-hydrogen) atoms. The second-order valence-electron chi connectivity index (χ2n) is 5.32. The number of hydrogen-bond donors (Lipinski definition) is 1. The smallest absolute Gasteiger partial charge is 0.305 e. The Hall–Kier alpha value is -0.660. The van der Waals surface area contributed by atoms with Gasteiger partial charge in [-0.15, -0.1) is 0 Å². The summed E-state index contributed by atoms with van der Waals surface area (Å²) in [4.78, 5) is 13.1. The third kappa shape index (κ3) is 8.50. The molecule has 0 bridgehead atoms. The van der Waals surface area contributed by atoms with Gasteiger partial charge in [-0.25, -0.2) is 13.1 Å². The number of sulfonamides is 1. The summed E-state index contributed by atoms with van der Waals surface area (Å²) >= 11 is 0. The second kappa shape index (κ2) is 9.31. The van der Waals surface area contributed by atoms with Crippen LogP contribution in [-0.2, 0) is 19.6 Å². The zero-order chi connectivity index (χ0) is 15.8. The van der Waals surface area contributed by atoms with E-state index in [0.29, 0.717) is 25.2 Å². The molecule has 0 aromatic heterocycles. The number of rotatable bonds is 10. The largest absolute Gasteiger partial charge is 0.469 e. The molecule has 7 heteroatoms. The van der Waals surface area contributed by atoms with Crippen LogP contribution in [0.15, 0.2) is 0 Å². The first-order valence-corrected chi connectivity index (χ1v) is 8.64. The van der Waals surface area contributed by atoms with E-state index in [1.807, 2.05) is 0 Å². The van der Waals surface area contributed by atoms with Gasteiger partial charge in [-0.05, 0) is 34.1 Å². The Morgan fingerprint density at radius 1 is 1.20 bits per heavy atom. The minimum atomic E-state index is -3.32. The standard InChI is InChI=1S/C13H28N2O4S/c1-11(2)15(12(3)4)9-8-14-20(17,18)10-6-7-13(16)19-5/h11-12,14H,6-10H2,1-5H3. The SMILES string of the molecule is COC(=O)CCCS(=O)(=O)NCCN(C(C)C)C(C)C. The third-order valence-corrected chi connectivity index (χ3v) is 4.51. The average molecular weight is 308 g/mol. The lowest BCUT2D eigenvalue weighted by Crippen LogP contribution is -2.42. The lowest BCUT2D eigenvalue weighted by atomic mass is 10.2. The minimum Gasteiger partial charge on any atom is -0.469 e. The summed E-state index contributed by atoms with van der Waals surface area (Å²) in [5, 5.41) is 0. The fourth-order valence-corrected chi connectivity index (χ4v) is 3.09. The van der Waals surface area contributed by atoms with Gasteiger partial charge in [0, 0.05) is 31.6 Å². The van der Waals surface area contributed by atoms with E-state index in [9.17, 15) is 13.2 Å². The Balaban J connectivity index is 4.07. The third-order valence-electron chi connectivity index (χ3n) is 3.04. The molecule has 0 aliphatic heterocycles. The van der Waals surface area contributed by atoms with Crippen LogP contribution in [0.5, 0.6) is 0 Å². The maximum absolute atomic E-state index is 11.7. The lowest BCUT2D eigenvalue weighted by molar-refractivity contribution is -0.140. The molecule has 0 radical (unpaired) electrons. The number of carbonyl (C=O) groups excluding carboxylic acids is 1. The molecule has 0 heterocycles. The number of methoxy groups -OCH3 is 1. The monoisotopic (exact) mass is 308 g/mol. The van der Waals surface area contributed by atoms with Crippen molar-refractivity contribution in [2.75, 3.05) is 26.0 Å². The molecule has 0 aliphatic rings. The second-order valence-corrected chi connectivity index (χ2v) is 7.24. The number of nitrogens with zero attached hydrogens (tertiary/aromatic N) is 1. The number of carbonyl (C=O) groups is 1. The summed E-state index contributed by atoms with van der Waals surface area (Å²) in [6.07, 6.45) is 0.404. The highest BCUT2D eigenvalue weighted by molar-refractivity contribution is 7.89. The summed E-state index contributed by atoms with van der Waals surface area (Å²) in [5.41, 5.74) is 0. The molecule has 0 saturated carbocycles. The molecule has 0 saturated heterocycles. The topological polar surface area (TPSA) is 75.7 Å². The molecule has 0 spiro atoms. The van der Waals surface area contributed by atoms with Crippen LogP contribution in [0.1, 0.15) is 40.5 Å². The van der Waals surface area contributed by atoms with Crippen LogP contribution in [-0.4, -0.2) is 57.3 Å². The van der Waals surface area contributed by atoms with Gasteiger partial charge in [0.25, 0.3) is 0 Å². The van der Waals surface area contributed by atoms with Crippen LogP contribution < -0.4 is 4.72 Å². The van der Waals surface area contributed by atoms with Gasteiger partial charge in [-0.1, -0.05) is 0 Å². The molecule has 1 N–H and O–H groups in total. The zero-order valence-electron chi connectivity index (χ0n) is 13.2. The van der Waals surface area contributed by atoms with Gasteiger partial charge < -0.3 is 4.74 Å². The number of hydrogen-bond acceptors (Lipinski definition) is 5. The summed E-state index contributed by atoms with van der Waals surface area (Å²) in [6.45, 7) is 9.41. The van der Waals surface area contributed by atoms with Gasteiger partial charge >= 0.3 is 5.97 Å². The van der Waals surface area contributed by atoms with Crippen LogP contribution in [0, 0.1) is 0 Å². The van der Waals surface area contributed by atoms with Gasteiger partial charge in [-0.2, -0.15) is 0 Å². The van der Waals surface area contributed by atoms with Crippen molar-refractivity contribution in [2.45, 2.75) is 52.6 Å². The highest BCUT2D eigenvalue weighted by Crippen LogP contribution is 2.03. The van der Waals surface area contributed by atoms with Gasteiger partial charge in [-0.3, -0.25) is 9.69 Å². The zero-order valence-corrected chi connectivity index (χ0v) is 14.0. The summed E-state index contributed by atoms with van der Waals surface area (Å²) in [5.74, 6) is -0.433. The van der Waals surface area contributed by atoms with E-state index >= 15 is 0 Å². The van der Waals surface area contributed by atoms with Crippen LogP contribution in [0.3, 0.4) is 0 Å².